The van der Waals surface area contributed by atoms with E-state index in [1.54, 1.807) is 12.0 Å². The summed E-state index contributed by atoms with van der Waals surface area (Å²) >= 11 is 0. The molecule has 2 amide bonds. The van der Waals surface area contributed by atoms with Crippen LogP contribution < -0.4 is 10.2 Å². The van der Waals surface area contributed by atoms with E-state index in [0.717, 1.165) is 11.3 Å². The molecule has 1 fully saturated rings. The van der Waals surface area contributed by atoms with Crippen molar-refractivity contribution in [3.63, 3.8) is 0 Å². The van der Waals surface area contributed by atoms with E-state index in [-0.39, 0.29) is 30.2 Å². The van der Waals surface area contributed by atoms with E-state index < -0.39 is 0 Å². The minimum atomic E-state index is -0.298. The highest BCUT2D eigenvalue weighted by molar-refractivity contribution is 6.00. The van der Waals surface area contributed by atoms with E-state index in [4.69, 9.17) is 4.74 Å². The first-order valence-electron chi connectivity index (χ1n) is 7.59. The molecule has 1 aromatic carbocycles. The fourth-order valence-electron chi connectivity index (χ4n) is 2.68. The van der Waals surface area contributed by atoms with Crippen molar-refractivity contribution in [2.24, 2.45) is 5.92 Å². The van der Waals surface area contributed by atoms with E-state index in [1.807, 2.05) is 39.0 Å². The molecular weight excluding hydrogens is 280 g/mol. The van der Waals surface area contributed by atoms with Crippen LogP contribution in [0, 0.1) is 19.8 Å². The summed E-state index contributed by atoms with van der Waals surface area (Å²) in [6.07, 6.45) is 0.262. The third kappa shape index (κ3) is 3.65. The van der Waals surface area contributed by atoms with Gasteiger partial charge in [0.05, 0.1) is 12.5 Å². The number of ether oxygens (including phenoxy) is 1. The maximum atomic E-state index is 12.2. The van der Waals surface area contributed by atoms with Gasteiger partial charge < -0.3 is 15.0 Å². The van der Waals surface area contributed by atoms with Crippen LogP contribution in [0.5, 0.6) is 0 Å². The molecule has 2 atom stereocenters. The summed E-state index contributed by atoms with van der Waals surface area (Å²) in [6, 6.07) is 5.89. The summed E-state index contributed by atoms with van der Waals surface area (Å²) < 4.78 is 5.01. The van der Waals surface area contributed by atoms with E-state index in [9.17, 15) is 9.59 Å². The number of anilines is 1. The number of rotatable bonds is 5. The average molecular weight is 304 g/mol. The van der Waals surface area contributed by atoms with Gasteiger partial charge in [0.15, 0.2) is 0 Å². The van der Waals surface area contributed by atoms with Crippen LogP contribution in [0.4, 0.5) is 5.69 Å². The second-order valence-electron chi connectivity index (χ2n) is 6.04. The summed E-state index contributed by atoms with van der Waals surface area (Å²) in [5, 5.41) is 2.89. The molecule has 0 saturated carbocycles. The molecule has 5 nitrogen and oxygen atoms in total. The fraction of sp³-hybridized carbons (Fsp3) is 0.529. The smallest absolute Gasteiger partial charge is 0.227 e. The lowest BCUT2D eigenvalue weighted by molar-refractivity contribution is -0.127. The van der Waals surface area contributed by atoms with Gasteiger partial charge in [-0.1, -0.05) is 6.07 Å². The summed E-state index contributed by atoms with van der Waals surface area (Å²) in [5.41, 5.74) is 3.21. The number of nitrogens with one attached hydrogen (secondary N) is 1. The Morgan fingerprint density at radius 2 is 2.14 bits per heavy atom. The van der Waals surface area contributed by atoms with Crippen LogP contribution in [0.2, 0.25) is 0 Å². The molecule has 0 spiro atoms. The highest BCUT2D eigenvalue weighted by Crippen LogP contribution is 2.26. The highest BCUT2D eigenvalue weighted by Gasteiger charge is 2.35. The van der Waals surface area contributed by atoms with Gasteiger partial charge in [0.1, 0.15) is 0 Å². The zero-order chi connectivity index (χ0) is 16.3. The Labute approximate surface area is 131 Å². The zero-order valence-electron chi connectivity index (χ0n) is 13.7. The van der Waals surface area contributed by atoms with Gasteiger partial charge in [0.2, 0.25) is 11.8 Å². The molecule has 1 N–H and O–H groups in total. The van der Waals surface area contributed by atoms with Crippen LogP contribution in [0.3, 0.4) is 0 Å². The molecule has 0 bridgehead atoms. The average Bonchev–Trinajstić information content (AvgIpc) is 2.84. The number of hydrogen-bond donors (Lipinski definition) is 1. The molecule has 22 heavy (non-hydrogen) atoms. The van der Waals surface area contributed by atoms with Crippen molar-refractivity contribution in [1.82, 2.24) is 5.32 Å². The molecule has 5 heteroatoms. The van der Waals surface area contributed by atoms with Crippen LogP contribution in [0.15, 0.2) is 18.2 Å². The predicted octanol–water partition coefficient (Wildman–Crippen LogP) is 1.81. The maximum absolute atomic E-state index is 12.2. The molecule has 0 radical (unpaired) electrons. The molecule has 2 rings (SSSR count). The van der Waals surface area contributed by atoms with Crippen molar-refractivity contribution in [2.75, 3.05) is 25.2 Å². The van der Waals surface area contributed by atoms with Crippen LogP contribution in [-0.4, -0.2) is 38.1 Å². The lowest BCUT2D eigenvalue weighted by Crippen LogP contribution is -2.40. The van der Waals surface area contributed by atoms with Crippen LogP contribution in [0.25, 0.3) is 0 Å². The topological polar surface area (TPSA) is 58.6 Å². The molecule has 120 valence electrons. The van der Waals surface area contributed by atoms with Crippen LogP contribution in [0.1, 0.15) is 24.5 Å². The normalized spacial score (nSPS) is 19.4. The predicted molar refractivity (Wildman–Crippen MR) is 85.9 cm³/mol. The van der Waals surface area contributed by atoms with Crippen molar-refractivity contribution < 1.29 is 14.3 Å². The second kappa shape index (κ2) is 6.92. The standard InChI is InChI=1S/C17H24N2O3/c1-11-5-6-15(7-12(11)2)19-9-14(8-16(19)20)17(21)18-13(3)10-22-4/h5-7,13-14H,8-10H2,1-4H3,(H,18,21)/t13-,14-/m1/s1. The number of carbonyl (C=O) groups excluding carboxylic acids is 2. The Bertz CT molecular complexity index is 571. The first-order chi connectivity index (χ1) is 10.4. The second-order valence-corrected chi connectivity index (χ2v) is 6.04. The summed E-state index contributed by atoms with van der Waals surface area (Å²) in [6.45, 7) is 6.85. The number of aryl methyl sites for hydroxylation is 2. The Kier molecular flexibility index (Phi) is 5.19. The van der Waals surface area contributed by atoms with Crippen molar-refractivity contribution in [3.8, 4) is 0 Å². The summed E-state index contributed by atoms with van der Waals surface area (Å²) in [4.78, 5) is 26.2. The molecule has 1 saturated heterocycles. The molecule has 1 heterocycles. The third-order valence-corrected chi connectivity index (χ3v) is 4.10. The quantitative estimate of drug-likeness (QED) is 0.902. The van der Waals surface area contributed by atoms with E-state index >= 15 is 0 Å². The highest BCUT2D eigenvalue weighted by atomic mass is 16.5. The lowest BCUT2D eigenvalue weighted by Gasteiger charge is -2.19. The van der Waals surface area contributed by atoms with Crippen LogP contribution in [-0.2, 0) is 14.3 Å². The van der Waals surface area contributed by atoms with Crippen molar-refractivity contribution in [3.05, 3.63) is 29.3 Å². The van der Waals surface area contributed by atoms with Gasteiger partial charge in [-0.2, -0.15) is 0 Å². The van der Waals surface area contributed by atoms with Crippen molar-refractivity contribution in [2.45, 2.75) is 33.2 Å². The molecule has 0 unspecified atom stereocenters. The van der Waals surface area contributed by atoms with E-state index in [1.165, 1.54) is 5.56 Å². The first kappa shape index (κ1) is 16.5. The van der Waals surface area contributed by atoms with Gasteiger partial charge in [0, 0.05) is 31.8 Å². The molecule has 0 aliphatic carbocycles. The van der Waals surface area contributed by atoms with Gasteiger partial charge >= 0.3 is 0 Å². The monoisotopic (exact) mass is 304 g/mol. The number of carbonyl (C=O) groups is 2. The van der Waals surface area contributed by atoms with E-state index in [0.29, 0.717) is 13.2 Å². The Balaban J connectivity index is 2.04. The molecule has 1 aliphatic heterocycles. The zero-order valence-corrected chi connectivity index (χ0v) is 13.7. The number of amides is 2. The first-order valence-corrected chi connectivity index (χ1v) is 7.59. The molecular formula is C17H24N2O3. The summed E-state index contributed by atoms with van der Waals surface area (Å²) in [7, 11) is 1.60. The Morgan fingerprint density at radius 1 is 1.41 bits per heavy atom. The number of nitrogens with zero attached hydrogens (tertiary/aromatic N) is 1. The largest absolute Gasteiger partial charge is 0.383 e. The SMILES string of the molecule is COC[C@@H](C)NC(=O)[C@@H]1CC(=O)N(c2ccc(C)c(C)c2)C1. The number of methoxy groups -OCH3 is 1. The maximum Gasteiger partial charge on any atom is 0.227 e. The Morgan fingerprint density at radius 3 is 2.77 bits per heavy atom. The summed E-state index contributed by atoms with van der Waals surface area (Å²) in [5.74, 6) is -0.375. The van der Waals surface area contributed by atoms with Gasteiger partial charge in [-0.15, -0.1) is 0 Å². The van der Waals surface area contributed by atoms with Gasteiger partial charge in [-0.25, -0.2) is 0 Å². The molecule has 1 aliphatic rings. The minimum absolute atomic E-state index is 0.00259. The molecule has 1 aromatic rings. The van der Waals surface area contributed by atoms with Crippen molar-refractivity contribution >= 4 is 17.5 Å². The van der Waals surface area contributed by atoms with Gasteiger partial charge in [-0.3, -0.25) is 9.59 Å². The van der Waals surface area contributed by atoms with Gasteiger partial charge in [-0.05, 0) is 44.0 Å². The lowest BCUT2D eigenvalue weighted by atomic mass is 10.1. The van der Waals surface area contributed by atoms with Gasteiger partial charge in [0.25, 0.3) is 0 Å². The van der Waals surface area contributed by atoms with Crippen molar-refractivity contribution in [1.29, 1.82) is 0 Å². The number of benzene rings is 1. The Hall–Kier alpha value is -1.88. The minimum Gasteiger partial charge on any atom is -0.383 e. The number of hydrogen-bond acceptors (Lipinski definition) is 3. The molecule has 0 aromatic heterocycles. The third-order valence-electron chi connectivity index (χ3n) is 4.10. The van der Waals surface area contributed by atoms with Crippen LogP contribution >= 0.6 is 0 Å². The fourth-order valence-corrected chi connectivity index (χ4v) is 2.68. The van der Waals surface area contributed by atoms with E-state index in [2.05, 4.69) is 5.32 Å².